The Hall–Kier alpha value is -5.23. The smallest absolute Gasteiger partial charge is 0.220 e. The predicted octanol–water partition coefficient (Wildman–Crippen LogP) is 7.77. The number of nitrogens with zero attached hydrogens (tertiary/aromatic N) is 5. The molecule has 5 aromatic carbocycles. The minimum absolute atomic E-state index is 0.774. The van der Waals surface area contributed by atoms with Crippen molar-refractivity contribution in [2.45, 2.75) is 0 Å². The molecule has 0 fully saturated rings. The van der Waals surface area contributed by atoms with Crippen molar-refractivity contribution in [1.29, 1.82) is 0 Å². The first-order valence-electron chi connectivity index (χ1n) is 13.1. The van der Waals surface area contributed by atoms with Crippen molar-refractivity contribution in [3.8, 4) is 17.2 Å². The van der Waals surface area contributed by atoms with Gasteiger partial charge in [0.2, 0.25) is 5.78 Å². The second-order valence-electron chi connectivity index (χ2n) is 9.91. The number of hydrogen-bond acceptors (Lipinski definition) is 4. The van der Waals surface area contributed by atoms with Crippen LogP contribution in [-0.4, -0.2) is 27.7 Å². The van der Waals surface area contributed by atoms with Crippen LogP contribution >= 0.6 is 0 Å². The van der Waals surface area contributed by atoms with Gasteiger partial charge < -0.3 is 14.5 Å². The predicted molar refractivity (Wildman–Crippen MR) is 158 cm³/mol. The molecule has 39 heavy (non-hydrogen) atoms. The van der Waals surface area contributed by atoms with E-state index in [-0.39, 0.29) is 0 Å². The van der Waals surface area contributed by atoms with Crippen LogP contribution in [-0.2, 0) is 0 Å². The van der Waals surface area contributed by atoms with Crippen LogP contribution < -0.4 is 14.5 Å². The molecule has 0 N–H and O–H groups in total. The second kappa shape index (κ2) is 8.39. The molecule has 188 valence electrons. The zero-order valence-corrected chi connectivity index (χ0v) is 21.4. The van der Waals surface area contributed by atoms with Crippen molar-refractivity contribution < 1.29 is 4.74 Å². The highest BCUT2D eigenvalue weighted by atomic mass is 16.5. The monoisotopic (exact) mass is 507 g/mol. The Bertz CT molecular complexity index is 2020. The minimum atomic E-state index is 0.774. The van der Waals surface area contributed by atoms with Gasteiger partial charge >= 0.3 is 0 Å². The van der Waals surface area contributed by atoms with E-state index in [1.165, 1.54) is 11.4 Å². The third kappa shape index (κ3) is 3.38. The van der Waals surface area contributed by atoms with Crippen molar-refractivity contribution in [2.75, 3.05) is 23.5 Å². The van der Waals surface area contributed by atoms with Gasteiger partial charge in [0.15, 0.2) is 0 Å². The zero-order chi connectivity index (χ0) is 25.9. The Morgan fingerprint density at radius 2 is 1.26 bits per heavy atom. The summed E-state index contributed by atoms with van der Waals surface area (Å²) in [5.74, 6) is 2.45. The Balaban J connectivity index is 1.19. The van der Waals surface area contributed by atoms with Crippen LogP contribution in [0.1, 0.15) is 0 Å². The summed E-state index contributed by atoms with van der Waals surface area (Å²) in [7, 11) is 2.12. The summed E-state index contributed by atoms with van der Waals surface area (Å²) in [4.78, 5) is 9.57. The summed E-state index contributed by atoms with van der Waals surface area (Å²) in [5, 5.41) is 0. The van der Waals surface area contributed by atoms with E-state index in [0.717, 1.165) is 57.4 Å². The van der Waals surface area contributed by atoms with Crippen LogP contribution in [0.15, 0.2) is 121 Å². The Labute approximate surface area is 225 Å². The number of anilines is 3. The Kier molecular flexibility index (Phi) is 4.70. The van der Waals surface area contributed by atoms with Crippen LogP contribution in [0.2, 0.25) is 0 Å². The Morgan fingerprint density at radius 3 is 2.08 bits per heavy atom. The van der Waals surface area contributed by atoms with E-state index in [4.69, 9.17) is 9.72 Å². The summed E-state index contributed by atoms with van der Waals surface area (Å²) >= 11 is 0. The van der Waals surface area contributed by atoms with E-state index in [0.29, 0.717) is 0 Å². The first kappa shape index (κ1) is 21.8. The number of ether oxygens (including phenoxy) is 1. The van der Waals surface area contributed by atoms with Gasteiger partial charge in [-0.1, -0.05) is 48.5 Å². The quantitative estimate of drug-likeness (QED) is 0.244. The van der Waals surface area contributed by atoms with Crippen molar-refractivity contribution in [3.63, 3.8) is 0 Å². The fraction of sp³-hybridized carbons (Fsp3) is 0.0606. The molecule has 1 aliphatic rings. The number of hydrogen-bond donors (Lipinski definition) is 0. The highest BCUT2D eigenvalue weighted by Crippen LogP contribution is 2.40. The largest absolute Gasteiger partial charge is 0.457 e. The van der Waals surface area contributed by atoms with E-state index in [1.54, 1.807) is 0 Å². The molecule has 2 aromatic heterocycles. The molecule has 3 heterocycles. The van der Waals surface area contributed by atoms with E-state index >= 15 is 0 Å². The fourth-order valence-electron chi connectivity index (χ4n) is 5.74. The molecule has 6 heteroatoms. The van der Waals surface area contributed by atoms with Crippen molar-refractivity contribution in [1.82, 2.24) is 14.0 Å². The molecule has 0 atom stereocenters. The fourth-order valence-corrected chi connectivity index (χ4v) is 5.74. The number of imidazole rings is 2. The molecule has 0 saturated heterocycles. The first-order valence-corrected chi connectivity index (χ1v) is 13.1. The molecule has 0 saturated carbocycles. The topological polar surface area (TPSA) is 37.9 Å². The molecule has 6 nitrogen and oxygen atoms in total. The van der Waals surface area contributed by atoms with E-state index in [1.807, 2.05) is 24.3 Å². The molecule has 0 bridgehead atoms. The highest BCUT2D eigenvalue weighted by Gasteiger charge is 2.24. The lowest BCUT2D eigenvalue weighted by Crippen LogP contribution is -2.23. The van der Waals surface area contributed by atoms with Gasteiger partial charge in [-0.2, -0.15) is 0 Å². The highest BCUT2D eigenvalue weighted by molar-refractivity contribution is 5.92. The molecule has 8 rings (SSSR count). The van der Waals surface area contributed by atoms with Crippen molar-refractivity contribution in [2.24, 2.45) is 0 Å². The summed E-state index contributed by atoms with van der Waals surface area (Å²) in [5.41, 5.74) is 8.83. The van der Waals surface area contributed by atoms with Crippen LogP contribution in [0.3, 0.4) is 0 Å². The summed E-state index contributed by atoms with van der Waals surface area (Å²) in [6.07, 6.45) is 0. The number of benzene rings is 5. The zero-order valence-electron chi connectivity index (χ0n) is 21.4. The maximum absolute atomic E-state index is 6.43. The van der Waals surface area contributed by atoms with Gasteiger partial charge in [-0.05, 0) is 60.7 Å². The van der Waals surface area contributed by atoms with Crippen molar-refractivity contribution >= 4 is 44.9 Å². The van der Waals surface area contributed by atoms with Gasteiger partial charge in [0, 0.05) is 24.9 Å². The van der Waals surface area contributed by atoms with Crippen LogP contribution in [0.5, 0.6) is 11.5 Å². The van der Waals surface area contributed by atoms with Crippen molar-refractivity contribution in [3.05, 3.63) is 121 Å². The van der Waals surface area contributed by atoms with Crippen LogP contribution in [0.25, 0.3) is 33.5 Å². The van der Waals surface area contributed by atoms with Gasteiger partial charge in [0.05, 0.1) is 45.8 Å². The second-order valence-corrected chi connectivity index (χ2v) is 9.91. The molecule has 1 aliphatic heterocycles. The third-order valence-electron chi connectivity index (χ3n) is 7.48. The van der Waals surface area contributed by atoms with Gasteiger partial charge in [-0.25, -0.2) is 4.98 Å². The SMILES string of the molecule is CN1CN(c2cccc(Oc3cccc(-n4c5ccccc5n5c6ccccc6nc45)c3)c2)c2ccccc21. The number of rotatable bonds is 4. The summed E-state index contributed by atoms with van der Waals surface area (Å²) in [6, 6.07) is 41.7. The van der Waals surface area contributed by atoms with E-state index < -0.39 is 0 Å². The molecule has 7 aromatic rings. The molecule has 0 spiro atoms. The maximum Gasteiger partial charge on any atom is 0.220 e. The Morgan fingerprint density at radius 1 is 0.615 bits per heavy atom. The van der Waals surface area contributed by atoms with Gasteiger partial charge in [0.25, 0.3) is 0 Å². The van der Waals surface area contributed by atoms with Gasteiger partial charge in [-0.3, -0.25) is 8.97 Å². The number of aromatic nitrogens is 3. The van der Waals surface area contributed by atoms with Gasteiger partial charge in [0.1, 0.15) is 11.5 Å². The van der Waals surface area contributed by atoms with Crippen LogP contribution in [0.4, 0.5) is 17.1 Å². The third-order valence-corrected chi connectivity index (χ3v) is 7.48. The average Bonchev–Trinajstić information content (AvgIpc) is 3.62. The van der Waals surface area contributed by atoms with E-state index in [9.17, 15) is 0 Å². The summed E-state index contributed by atoms with van der Waals surface area (Å²) < 4.78 is 10.9. The lowest BCUT2D eigenvalue weighted by atomic mass is 10.2. The first-order chi connectivity index (χ1) is 19.2. The molecule has 0 unspecified atom stereocenters. The number of para-hydroxylation sites is 6. The maximum atomic E-state index is 6.43. The number of fused-ring (bicyclic) bond motifs is 6. The molecular weight excluding hydrogens is 482 g/mol. The summed E-state index contributed by atoms with van der Waals surface area (Å²) in [6.45, 7) is 0.799. The molecule has 0 radical (unpaired) electrons. The van der Waals surface area contributed by atoms with Gasteiger partial charge in [-0.15, -0.1) is 0 Å². The normalized spacial score (nSPS) is 13.1. The van der Waals surface area contributed by atoms with E-state index in [2.05, 4.69) is 123 Å². The van der Waals surface area contributed by atoms with Crippen LogP contribution in [0, 0.1) is 0 Å². The molecule has 0 aliphatic carbocycles. The standard InChI is InChI=1S/C33H25N5O/c1-35-22-36(30-17-5-4-16-29(30)35)23-10-8-12-25(20-23)39-26-13-9-11-24(21-26)37-31-18-6-7-19-32(31)38-28-15-3-2-14-27(28)34-33(37)38/h2-21H,22H2,1H3. The lowest BCUT2D eigenvalue weighted by Gasteiger charge is -2.20. The minimum Gasteiger partial charge on any atom is -0.457 e. The average molecular weight is 508 g/mol. The lowest BCUT2D eigenvalue weighted by molar-refractivity contribution is 0.482. The molecular formula is C33H25N5O. The molecule has 0 amide bonds.